The number of para-hydroxylation sites is 1. The quantitative estimate of drug-likeness (QED) is 0.132. The first-order valence-corrected chi connectivity index (χ1v) is 19.3. The van der Waals surface area contributed by atoms with Gasteiger partial charge in [0.15, 0.2) is 0 Å². The van der Waals surface area contributed by atoms with E-state index in [2.05, 4.69) is 176 Å². The lowest BCUT2D eigenvalue weighted by molar-refractivity contribution is 0.669. The van der Waals surface area contributed by atoms with E-state index in [1.165, 1.54) is 96.6 Å². The predicted molar refractivity (Wildman–Crippen MR) is 233 cm³/mol. The molecule has 0 radical (unpaired) electrons. The van der Waals surface area contributed by atoms with Gasteiger partial charge in [0.05, 0.1) is 0 Å². The van der Waals surface area contributed by atoms with Crippen LogP contribution in [0.2, 0.25) is 0 Å². The van der Waals surface area contributed by atoms with Crippen LogP contribution in [0.4, 0.5) is 0 Å². The van der Waals surface area contributed by atoms with E-state index in [4.69, 9.17) is 4.42 Å². The summed E-state index contributed by atoms with van der Waals surface area (Å²) in [6.45, 7) is 0. The van der Waals surface area contributed by atoms with Crippen molar-refractivity contribution in [3.8, 4) is 33.4 Å². The van der Waals surface area contributed by atoms with Crippen molar-refractivity contribution < 1.29 is 4.42 Å². The van der Waals surface area contributed by atoms with Gasteiger partial charge in [-0.3, -0.25) is 0 Å². The summed E-state index contributed by atoms with van der Waals surface area (Å²) in [7, 11) is 0. The second kappa shape index (κ2) is 11.4. The van der Waals surface area contributed by atoms with E-state index in [-0.39, 0.29) is 0 Å². The van der Waals surface area contributed by atoms with Gasteiger partial charge < -0.3 is 4.42 Å². The fourth-order valence-electron chi connectivity index (χ4n) is 9.09. The molecule has 12 rings (SSSR count). The molecular formula is C52H30OS. The Labute approximate surface area is 314 Å². The maximum absolute atomic E-state index is 6.33. The minimum Gasteiger partial charge on any atom is -0.456 e. The highest BCUT2D eigenvalue weighted by Gasteiger charge is 2.21. The van der Waals surface area contributed by atoms with Crippen molar-refractivity contribution in [1.29, 1.82) is 0 Å². The highest BCUT2D eigenvalue weighted by atomic mass is 32.1. The molecule has 2 heteroatoms. The van der Waals surface area contributed by atoms with Gasteiger partial charge in [0, 0.05) is 30.9 Å². The Morgan fingerprint density at radius 3 is 1.72 bits per heavy atom. The molecule has 0 aliphatic carbocycles. The molecule has 250 valence electrons. The van der Waals surface area contributed by atoms with Gasteiger partial charge in [-0.1, -0.05) is 152 Å². The van der Waals surface area contributed by atoms with E-state index in [0.29, 0.717) is 0 Å². The van der Waals surface area contributed by atoms with Crippen LogP contribution >= 0.6 is 11.3 Å². The fraction of sp³-hybridized carbons (Fsp3) is 0. The summed E-state index contributed by atoms with van der Waals surface area (Å²) in [6.07, 6.45) is 0. The van der Waals surface area contributed by atoms with Crippen molar-refractivity contribution >= 4 is 96.5 Å². The zero-order valence-electron chi connectivity index (χ0n) is 29.1. The van der Waals surface area contributed by atoms with E-state index >= 15 is 0 Å². The number of rotatable bonds is 3. The molecular weight excluding hydrogens is 673 g/mol. The molecule has 54 heavy (non-hydrogen) atoms. The highest BCUT2D eigenvalue weighted by molar-refractivity contribution is 7.26. The van der Waals surface area contributed by atoms with Gasteiger partial charge in [0.1, 0.15) is 11.2 Å². The van der Waals surface area contributed by atoms with Gasteiger partial charge >= 0.3 is 0 Å². The Hall–Kier alpha value is -6.74. The van der Waals surface area contributed by atoms with Crippen LogP contribution in [0, 0.1) is 0 Å². The first kappa shape index (κ1) is 29.8. The maximum Gasteiger partial charge on any atom is 0.136 e. The molecule has 12 aromatic rings. The van der Waals surface area contributed by atoms with Crippen LogP contribution in [0.25, 0.3) is 119 Å². The smallest absolute Gasteiger partial charge is 0.136 e. The van der Waals surface area contributed by atoms with Gasteiger partial charge in [-0.2, -0.15) is 0 Å². The Bertz CT molecular complexity index is 3440. The highest BCUT2D eigenvalue weighted by Crippen LogP contribution is 2.50. The third-order valence-corrected chi connectivity index (χ3v) is 12.6. The Morgan fingerprint density at radius 2 is 0.944 bits per heavy atom. The van der Waals surface area contributed by atoms with Crippen LogP contribution < -0.4 is 0 Å². The van der Waals surface area contributed by atoms with E-state index in [0.717, 1.165) is 21.9 Å². The maximum atomic E-state index is 6.33. The minimum absolute atomic E-state index is 0.931. The molecule has 0 aliphatic rings. The molecule has 0 bridgehead atoms. The standard InChI is InChI=1S/C52H30OS/c1-2-12-31(13-3-1)32-24-26-34-33(28-32)25-27-36-35(34)19-10-20-38(36)50-39-15-4-6-17-41(39)51(42-18-7-5-16-40(42)50)43-21-11-23-48-52(43)45-29-44-37-14-8-9-22-46(37)53-47(44)30-49(45)54-48/h1-30H. The minimum atomic E-state index is 0.931. The molecule has 0 amide bonds. The lowest BCUT2D eigenvalue weighted by Crippen LogP contribution is -1.92. The monoisotopic (exact) mass is 702 g/mol. The Balaban J connectivity index is 1.14. The SMILES string of the molecule is c1ccc(-c2ccc3c(ccc4c(-c5c6ccccc6c(-c6cccc7sc8cc9oc%10ccccc%10c9cc8c67)c6ccccc56)cccc43)c2)cc1. The summed E-state index contributed by atoms with van der Waals surface area (Å²) >= 11 is 1.85. The molecule has 0 saturated heterocycles. The van der Waals surface area contributed by atoms with Crippen LogP contribution in [0.1, 0.15) is 0 Å². The van der Waals surface area contributed by atoms with Gasteiger partial charge in [-0.05, 0) is 107 Å². The van der Waals surface area contributed by atoms with Crippen molar-refractivity contribution in [3.05, 3.63) is 182 Å². The molecule has 1 nitrogen and oxygen atoms in total. The lowest BCUT2D eigenvalue weighted by Gasteiger charge is -2.19. The normalized spacial score (nSPS) is 12.1. The second-order valence-electron chi connectivity index (χ2n) is 14.3. The van der Waals surface area contributed by atoms with Gasteiger partial charge in [-0.25, -0.2) is 0 Å². The van der Waals surface area contributed by atoms with Crippen molar-refractivity contribution in [2.24, 2.45) is 0 Å². The molecule has 10 aromatic carbocycles. The number of benzene rings is 10. The van der Waals surface area contributed by atoms with E-state index in [1.54, 1.807) is 0 Å². The van der Waals surface area contributed by atoms with Crippen molar-refractivity contribution in [2.75, 3.05) is 0 Å². The van der Waals surface area contributed by atoms with Gasteiger partial charge in [0.25, 0.3) is 0 Å². The van der Waals surface area contributed by atoms with Crippen molar-refractivity contribution in [2.45, 2.75) is 0 Å². The van der Waals surface area contributed by atoms with Gasteiger partial charge in [-0.15, -0.1) is 11.3 Å². The van der Waals surface area contributed by atoms with Crippen LogP contribution in [0.3, 0.4) is 0 Å². The summed E-state index contributed by atoms with van der Waals surface area (Å²) < 4.78 is 8.86. The third kappa shape index (κ3) is 4.26. The molecule has 0 aliphatic heterocycles. The summed E-state index contributed by atoms with van der Waals surface area (Å²) in [5.74, 6) is 0. The zero-order chi connectivity index (χ0) is 35.3. The molecule has 0 N–H and O–H groups in total. The molecule has 0 saturated carbocycles. The lowest BCUT2D eigenvalue weighted by atomic mass is 9.83. The van der Waals surface area contributed by atoms with E-state index in [9.17, 15) is 0 Å². The molecule has 2 aromatic heterocycles. The van der Waals surface area contributed by atoms with Crippen LogP contribution in [-0.4, -0.2) is 0 Å². The topological polar surface area (TPSA) is 13.1 Å². The van der Waals surface area contributed by atoms with Crippen molar-refractivity contribution in [1.82, 2.24) is 0 Å². The third-order valence-electron chi connectivity index (χ3n) is 11.4. The summed E-state index contributed by atoms with van der Waals surface area (Å²) in [4.78, 5) is 0. The summed E-state index contributed by atoms with van der Waals surface area (Å²) in [6, 6.07) is 66.8. The zero-order valence-corrected chi connectivity index (χ0v) is 30.0. The van der Waals surface area contributed by atoms with E-state index in [1.807, 2.05) is 17.4 Å². The number of thiophene rings is 1. The van der Waals surface area contributed by atoms with Crippen LogP contribution in [0.15, 0.2) is 186 Å². The van der Waals surface area contributed by atoms with Gasteiger partial charge in [0.2, 0.25) is 0 Å². The van der Waals surface area contributed by atoms with Crippen molar-refractivity contribution in [3.63, 3.8) is 0 Å². The fourth-order valence-corrected chi connectivity index (χ4v) is 10.2. The first-order valence-electron chi connectivity index (χ1n) is 18.5. The number of furan rings is 1. The molecule has 0 fully saturated rings. The molecule has 0 atom stereocenters. The molecule has 0 unspecified atom stereocenters. The summed E-state index contributed by atoms with van der Waals surface area (Å²) in [5, 5.41) is 15.0. The largest absolute Gasteiger partial charge is 0.456 e. The average molecular weight is 703 g/mol. The first-order chi connectivity index (χ1) is 26.8. The Morgan fingerprint density at radius 1 is 0.315 bits per heavy atom. The average Bonchev–Trinajstić information content (AvgIpc) is 3.79. The molecule has 2 heterocycles. The number of hydrogen-bond acceptors (Lipinski definition) is 2. The van der Waals surface area contributed by atoms with Crippen LogP contribution in [0.5, 0.6) is 0 Å². The molecule has 0 spiro atoms. The predicted octanol–water partition coefficient (Wildman–Crippen LogP) is 15.6. The second-order valence-corrected chi connectivity index (χ2v) is 15.4. The number of hydrogen-bond donors (Lipinski definition) is 0. The van der Waals surface area contributed by atoms with Crippen LogP contribution in [-0.2, 0) is 0 Å². The summed E-state index contributed by atoms with van der Waals surface area (Å²) in [5.41, 5.74) is 9.44. The number of fused-ring (bicyclic) bond motifs is 11. The Kier molecular flexibility index (Phi) is 6.28. The van der Waals surface area contributed by atoms with E-state index < -0.39 is 0 Å².